The molecule has 0 aromatic rings. The summed E-state index contributed by atoms with van der Waals surface area (Å²) in [5.74, 6) is -1.26. The van der Waals surface area contributed by atoms with Gasteiger partial charge in [-0.2, -0.15) is 0 Å². The Morgan fingerprint density at radius 2 is 2.20 bits per heavy atom. The summed E-state index contributed by atoms with van der Waals surface area (Å²) >= 11 is 4.77. The fraction of sp³-hybridized carbons (Fsp3) is 0.286. The van der Waals surface area contributed by atoms with Crippen molar-refractivity contribution in [1.82, 2.24) is 10.6 Å². The lowest BCUT2D eigenvalue weighted by molar-refractivity contribution is -0.136. The molecule has 0 saturated carbocycles. The van der Waals surface area contributed by atoms with Crippen molar-refractivity contribution in [3.63, 3.8) is 0 Å². The summed E-state index contributed by atoms with van der Waals surface area (Å²) in [5.41, 5.74) is 0.686. The highest BCUT2D eigenvalue weighted by Gasteiger charge is 2.28. The van der Waals surface area contributed by atoms with E-state index in [1.54, 1.807) is 18.2 Å². The van der Waals surface area contributed by atoms with Crippen LogP contribution in [-0.2, 0) is 14.4 Å². The van der Waals surface area contributed by atoms with Crippen LogP contribution in [0.1, 0.15) is 19.8 Å². The summed E-state index contributed by atoms with van der Waals surface area (Å²) < 4.78 is 0. The van der Waals surface area contributed by atoms with E-state index in [4.69, 9.17) is 12.2 Å². The highest BCUT2D eigenvalue weighted by Crippen LogP contribution is 2.10. The molecule has 1 rings (SSSR count). The molecular weight excluding hydrogens is 276 g/mol. The lowest BCUT2D eigenvalue weighted by atomic mass is 10.0. The normalized spacial score (nSPS) is 19.6. The molecule has 1 aliphatic rings. The summed E-state index contributed by atoms with van der Waals surface area (Å²) in [7, 11) is 0. The molecule has 1 aliphatic heterocycles. The van der Waals surface area contributed by atoms with Crippen LogP contribution in [-0.4, -0.2) is 29.1 Å². The predicted molar refractivity (Wildman–Crippen MR) is 80.0 cm³/mol. The van der Waals surface area contributed by atoms with Crippen LogP contribution in [0.5, 0.6) is 0 Å². The summed E-state index contributed by atoms with van der Waals surface area (Å²) in [6.07, 6.45) is 5.52. The number of carbonyl (C=O) groups excluding carboxylic acids is 3. The van der Waals surface area contributed by atoms with Gasteiger partial charge in [0.25, 0.3) is 5.91 Å². The summed E-state index contributed by atoms with van der Waals surface area (Å²) in [6, 6.07) is -0.716. The molecule has 0 aromatic heterocycles. The van der Waals surface area contributed by atoms with Crippen LogP contribution in [0.25, 0.3) is 0 Å². The smallest absolute Gasteiger partial charge is 0.252 e. The van der Waals surface area contributed by atoms with Crippen molar-refractivity contribution in [3.8, 4) is 0 Å². The molecular formula is C14H16N2O3S. The zero-order chi connectivity index (χ0) is 15.1. The first-order chi connectivity index (χ1) is 9.49. The number of thiocarbonyl (C=S) groups is 1. The molecule has 1 unspecified atom stereocenters. The first kappa shape index (κ1) is 16.0. The molecule has 20 heavy (non-hydrogen) atoms. The Bertz CT molecular complexity index is 521. The Hall–Kier alpha value is -2.08. The molecule has 0 aliphatic carbocycles. The van der Waals surface area contributed by atoms with Crippen molar-refractivity contribution in [2.75, 3.05) is 0 Å². The number of hydrogen-bond acceptors (Lipinski definition) is 4. The van der Waals surface area contributed by atoms with Crippen molar-refractivity contribution >= 4 is 35.3 Å². The van der Waals surface area contributed by atoms with E-state index in [0.29, 0.717) is 11.1 Å². The maximum atomic E-state index is 12.1. The minimum atomic E-state index is -0.716. The van der Waals surface area contributed by atoms with E-state index in [1.165, 1.54) is 5.37 Å². The molecule has 1 atom stereocenters. The second-order valence-electron chi connectivity index (χ2n) is 4.23. The number of imide groups is 1. The van der Waals surface area contributed by atoms with E-state index in [0.717, 1.165) is 0 Å². The van der Waals surface area contributed by atoms with Crippen molar-refractivity contribution < 1.29 is 14.4 Å². The minimum Gasteiger partial charge on any atom is -0.340 e. The Balaban J connectivity index is 2.81. The third kappa shape index (κ3) is 4.24. The average molecular weight is 292 g/mol. The largest absolute Gasteiger partial charge is 0.340 e. The predicted octanol–water partition coefficient (Wildman–Crippen LogP) is 0.966. The number of rotatable bonds is 5. The second-order valence-corrected chi connectivity index (χ2v) is 4.46. The molecule has 106 valence electrons. The first-order valence-electron chi connectivity index (χ1n) is 6.11. The Morgan fingerprint density at radius 3 is 2.75 bits per heavy atom. The number of carbonyl (C=O) groups is 3. The van der Waals surface area contributed by atoms with Crippen LogP contribution in [0.2, 0.25) is 0 Å². The van der Waals surface area contributed by atoms with E-state index in [9.17, 15) is 14.4 Å². The standard InChI is InChI=1S/C14H16N2O3S/c1-3-4-5-10(9(2)8-20)13(18)15-11-6-7-12(17)16-14(11)19/h3-5,8,11H,2,6-7H2,1H3,(H,15,18)(H,16,17,19)/b4-3-,10-5+. The minimum absolute atomic E-state index is 0.207. The Labute approximate surface area is 122 Å². The third-order valence-corrected chi connectivity index (χ3v) is 3.02. The highest BCUT2D eigenvalue weighted by molar-refractivity contribution is 7.79. The van der Waals surface area contributed by atoms with E-state index >= 15 is 0 Å². The van der Waals surface area contributed by atoms with Crippen LogP contribution < -0.4 is 10.6 Å². The lowest BCUT2D eigenvalue weighted by Crippen LogP contribution is -2.52. The molecule has 0 bridgehead atoms. The Kier molecular flexibility index (Phi) is 5.99. The molecule has 0 spiro atoms. The van der Waals surface area contributed by atoms with Gasteiger partial charge in [0, 0.05) is 17.4 Å². The van der Waals surface area contributed by atoms with Crippen molar-refractivity contribution in [2.24, 2.45) is 0 Å². The summed E-state index contributed by atoms with van der Waals surface area (Å²) in [5, 5.41) is 6.07. The van der Waals surface area contributed by atoms with E-state index in [2.05, 4.69) is 17.2 Å². The van der Waals surface area contributed by atoms with Crippen LogP contribution in [0, 0.1) is 0 Å². The van der Waals surface area contributed by atoms with Crippen molar-refractivity contribution in [1.29, 1.82) is 0 Å². The van der Waals surface area contributed by atoms with Crippen LogP contribution in [0.4, 0.5) is 0 Å². The SMILES string of the molecule is C=C(C=S)/C(=C\C=C/C)C(=O)NC1CCC(=O)NC1=O. The zero-order valence-electron chi connectivity index (χ0n) is 11.1. The number of hydrogen-bond donors (Lipinski definition) is 2. The van der Waals surface area contributed by atoms with Gasteiger partial charge in [0.2, 0.25) is 11.8 Å². The van der Waals surface area contributed by atoms with Gasteiger partial charge >= 0.3 is 0 Å². The number of allylic oxidation sites excluding steroid dienone is 3. The van der Waals surface area contributed by atoms with Gasteiger partial charge in [-0.1, -0.05) is 30.9 Å². The maximum Gasteiger partial charge on any atom is 0.252 e. The van der Waals surface area contributed by atoms with E-state index in [1.807, 2.05) is 6.92 Å². The summed E-state index contributed by atoms with van der Waals surface area (Å²) in [6.45, 7) is 5.51. The number of amides is 3. The summed E-state index contributed by atoms with van der Waals surface area (Å²) in [4.78, 5) is 34.8. The molecule has 0 radical (unpaired) electrons. The van der Waals surface area contributed by atoms with Crippen molar-refractivity contribution in [3.05, 3.63) is 36.0 Å². The second kappa shape index (κ2) is 7.49. The fourth-order valence-electron chi connectivity index (χ4n) is 1.65. The van der Waals surface area contributed by atoms with Crippen LogP contribution in [0.15, 0.2) is 36.0 Å². The number of piperidine rings is 1. The van der Waals surface area contributed by atoms with Gasteiger partial charge in [-0.05, 0) is 25.0 Å². The molecule has 1 fully saturated rings. The van der Waals surface area contributed by atoms with E-state index < -0.39 is 17.9 Å². The molecule has 1 saturated heterocycles. The topological polar surface area (TPSA) is 75.3 Å². The third-order valence-electron chi connectivity index (χ3n) is 2.73. The maximum absolute atomic E-state index is 12.1. The van der Waals surface area contributed by atoms with Gasteiger partial charge in [0.15, 0.2) is 0 Å². The van der Waals surface area contributed by atoms with Gasteiger partial charge in [0.05, 0.1) is 0 Å². The Morgan fingerprint density at radius 1 is 1.50 bits per heavy atom. The monoisotopic (exact) mass is 292 g/mol. The van der Waals surface area contributed by atoms with Gasteiger partial charge < -0.3 is 5.32 Å². The first-order valence-corrected chi connectivity index (χ1v) is 6.58. The fourth-order valence-corrected chi connectivity index (χ4v) is 1.78. The quantitative estimate of drug-likeness (QED) is 0.343. The molecule has 6 heteroatoms. The van der Waals surface area contributed by atoms with Gasteiger partial charge in [-0.15, -0.1) is 0 Å². The molecule has 0 aromatic carbocycles. The van der Waals surface area contributed by atoms with Gasteiger partial charge in [0.1, 0.15) is 6.04 Å². The lowest BCUT2D eigenvalue weighted by Gasteiger charge is -2.22. The molecule has 5 nitrogen and oxygen atoms in total. The molecule has 3 amide bonds. The average Bonchev–Trinajstić information content (AvgIpc) is 2.42. The van der Waals surface area contributed by atoms with Crippen LogP contribution >= 0.6 is 12.2 Å². The van der Waals surface area contributed by atoms with Gasteiger partial charge in [-0.3, -0.25) is 19.7 Å². The zero-order valence-corrected chi connectivity index (χ0v) is 12.0. The van der Waals surface area contributed by atoms with Gasteiger partial charge in [-0.25, -0.2) is 0 Å². The van der Waals surface area contributed by atoms with Crippen LogP contribution in [0.3, 0.4) is 0 Å². The highest BCUT2D eigenvalue weighted by atomic mass is 32.1. The van der Waals surface area contributed by atoms with E-state index in [-0.39, 0.29) is 18.7 Å². The van der Waals surface area contributed by atoms with Crippen molar-refractivity contribution in [2.45, 2.75) is 25.8 Å². The molecule has 2 N–H and O–H groups in total. The molecule has 1 heterocycles. The number of nitrogens with one attached hydrogen (secondary N) is 2.